The van der Waals surface area contributed by atoms with Gasteiger partial charge in [0.1, 0.15) is 0 Å². The van der Waals surface area contributed by atoms with Crippen molar-refractivity contribution in [3.8, 4) is 0 Å². The van der Waals surface area contributed by atoms with Gasteiger partial charge in [-0.1, -0.05) is 6.07 Å². The zero-order chi connectivity index (χ0) is 14.4. The minimum atomic E-state index is 0.00797. The van der Waals surface area contributed by atoms with Crippen LogP contribution in [0.25, 0.3) is 0 Å². The molecule has 106 valence electrons. The Morgan fingerprint density at radius 2 is 2.25 bits per heavy atom. The van der Waals surface area contributed by atoms with Gasteiger partial charge in [-0.25, -0.2) is 4.98 Å². The Morgan fingerprint density at radius 1 is 1.40 bits per heavy atom. The number of halogens is 1. The molecular weight excluding hydrogens is 383 g/mol. The van der Waals surface area contributed by atoms with Crippen molar-refractivity contribution < 1.29 is 4.79 Å². The number of carbonyl (C=O) groups excluding carboxylic acids is 1. The molecule has 0 radical (unpaired) electrons. The van der Waals surface area contributed by atoms with Crippen LogP contribution in [0, 0.1) is 10.5 Å². The Labute approximate surface area is 137 Å². The number of nitrogens with one attached hydrogen (secondary N) is 1. The normalized spacial score (nSPS) is 10.5. The predicted octanol–water partition coefficient (Wildman–Crippen LogP) is 3.81. The molecule has 1 N–H and O–H groups in total. The van der Waals surface area contributed by atoms with Crippen LogP contribution < -0.4 is 5.32 Å². The molecule has 0 saturated heterocycles. The van der Waals surface area contributed by atoms with Crippen molar-refractivity contribution in [2.75, 3.05) is 6.54 Å². The van der Waals surface area contributed by atoms with E-state index in [1.165, 1.54) is 5.01 Å². The second-order valence-corrected chi connectivity index (χ2v) is 6.79. The van der Waals surface area contributed by atoms with Crippen LogP contribution in [0.3, 0.4) is 0 Å². The number of thiazole rings is 1. The first-order chi connectivity index (χ1) is 9.65. The van der Waals surface area contributed by atoms with Crippen LogP contribution in [0.15, 0.2) is 29.6 Å². The summed E-state index contributed by atoms with van der Waals surface area (Å²) in [4.78, 5) is 16.3. The van der Waals surface area contributed by atoms with Gasteiger partial charge in [-0.2, -0.15) is 0 Å². The average molecular weight is 400 g/mol. The van der Waals surface area contributed by atoms with Gasteiger partial charge in [-0.15, -0.1) is 11.3 Å². The van der Waals surface area contributed by atoms with E-state index in [1.807, 2.05) is 31.2 Å². The highest BCUT2D eigenvalue weighted by atomic mass is 127. The molecule has 0 saturated carbocycles. The van der Waals surface area contributed by atoms with Gasteiger partial charge in [0.05, 0.1) is 5.01 Å². The van der Waals surface area contributed by atoms with Crippen LogP contribution in [0.4, 0.5) is 0 Å². The first-order valence-electron chi connectivity index (χ1n) is 6.60. The number of nitrogens with zero attached hydrogens (tertiary/aromatic N) is 1. The molecule has 0 bridgehead atoms. The smallest absolute Gasteiger partial charge is 0.251 e. The summed E-state index contributed by atoms with van der Waals surface area (Å²) in [5.41, 5.74) is 1.82. The van der Waals surface area contributed by atoms with Crippen molar-refractivity contribution in [1.29, 1.82) is 0 Å². The molecule has 2 rings (SSSR count). The highest BCUT2D eigenvalue weighted by Gasteiger charge is 2.05. The fourth-order valence-electron chi connectivity index (χ4n) is 1.85. The Morgan fingerprint density at radius 3 is 2.95 bits per heavy atom. The maximum absolute atomic E-state index is 11.9. The summed E-state index contributed by atoms with van der Waals surface area (Å²) in [6.45, 7) is 2.73. The van der Waals surface area contributed by atoms with Crippen LogP contribution in [-0.2, 0) is 6.42 Å². The molecule has 0 atom stereocenters. The van der Waals surface area contributed by atoms with Gasteiger partial charge in [0.25, 0.3) is 5.91 Å². The van der Waals surface area contributed by atoms with Crippen molar-refractivity contribution in [2.45, 2.75) is 26.2 Å². The Kier molecular flexibility index (Phi) is 5.97. The highest BCUT2D eigenvalue weighted by Crippen LogP contribution is 2.11. The van der Waals surface area contributed by atoms with Crippen LogP contribution >= 0.6 is 33.9 Å². The number of hydrogen-bond donors (Lipinski definition) is 1. The van der Waals surface area contributed by atoms with Gasteiger partial charge in [0, 0.05) is 26.8 Å². The summed E-state index contributed by atoms with van der Waals surface area (Å²) in [6.07, 6.45) is 3.03. The second-order valence-electron chi connectivity index (χ2n) is 4.61. The molecule has 1 aromatic carbocycles. The molecule has 20 heavy (non-hydrogen) atoms. The minimum absolute atomic E-state index is 0.00797. The van der Waals surface area contributed by atoms with Gasteiger partial charge in [0.2, 0.25) is 0 Å². The number of rotatable bonds is 6. The number of unbranched alkanes of at least 4 members (excludes halogenated alkanes) is 1. The molecule has 3 nitrogen and oxygen atoms in total. The van der Waals surface area contributed by atoms with Gasteiger partial charge in [-0.3, -0.25) is 4.79 Å². The maximum Gasteiger partial charge on any atom is 0.251 e. The molecule has 0 unspecified atom stereocenters. The third-order valence-electron chi connectivity index (χ3n) is 2.86. The van der Waals surface area contributed by atoms with Crippen LogP contribution in [0.2, 0.25) is 0 Å². The summed E-state index contributed by atoms with van der Waals surface area (Å²) >= 11 is 3.93. The van der Waals surface area contributed by atoms with Crippen molar-refractivity contribution in [2.24, 2.45) is 0 Å². The van der Waals surface area contributed by atoms with Crippen LogP contribution in [0.5, 0.6) is 0 Å². The third-order valence-corrected chi connectivity index (χ3v) is 4.55. The van der Waals surface area contributed by atoms with E-state index in [9.17, 15) is 4.79 Å². The van der Waals surface area contributed by atoms with Gasteiger partial charge in [-0.05, 0) is 67.0 Å². The van der Waals surface area contributed by atoms with Crippen LogP contribution in [0.1, 0.15) is 33.9 Å². The maximum atomic E-state index is 11.9. The molecule has 5 heteroatoms. The van der Waals surface area contributed by atoms with Crippen molar-refractivity contribution in [3.05, 3.63) is 49.5 Å². The molecule has 0 aliphatic heterocycles. The predicted molar refractivity (Wildman–Crippen MR) is 91.3 cm³/mol. The topological polar surface area (TPSA) is 42.0 Å². The Bertz CT molecular complexity index is 583. The van der Waals surface area contributed by atoms with E-state index < -0.39 is 0 Å². The lowest BCUT2D eigenvalue weighted by Gasteiger charge is -2.05. The summed E-state index contributed by atoms with van der Waals surface area (Å²) in [5.74, 6) is 0.00797. The van der Waals surface area contributed by atoms with Gasteiger partial charge >= 0.3 is 0 Å². The van der Waals surface area contributed by atoms with Crippen LogP contribution in [-0.4, -0.2) is 17.4 Å². The van der Waals surface area contributed by atoms with Crippen molar-refractivity contribution >= 4 is 39.8 Å². The number of aromatic nitrogens is 1. The largest absolute Gasteiger partial charge is 0.352 e. The third kappa shape index (κ3) is 4.86. The fourth-order valence-corrected chi connectivity index (χ4v) is 3.21. The van der Waals surface area contributed by atoms with E-state index in [1.54, 1.807) is 11.3 Å². The first-order valence-corrected chi connectivity index (χ1v) is 8.56. The SMILES string of the molecule is Cc1csc(CCCCNC(=O)c2cccc(I)c2)n1. The quantitative estimate of drug-likeness (QED) is 0.592. The molecule has 0 fully saturated rings. The summed E-state index contributed by atoms with van der Waals surface area (Å²) in [6, 6.07) is 7.62. The van der Waals surface area contributed by atoms with E-state index in [2.05, 4.69) is 38.3 Å². The first kappa shape index (κ1) is 15.4. The lowest BCUT2D eigenvalue weighted by molar-refractivity contribution is 0.0953. The minimum Gasteiger partial charge on any atom is -0.352 e. The highest BCUT2D eigenvalue weighted by molar-refractivity contribution is 14.1. The molecule has 0 aliphatic rings. The average Bonchev–Trinajstić information content (AvgIpc) is 2.84. The van der Waals surface area contributed by atoms with E-state index in [-0.39, 0.29) is 5.91 Å². The van der Waals surface area contributed by atoms with E-state index >= 15 is 0 Å². The molecule has 1 amide bonds. The molecular formula is C15H17IN2OS. The molecule has 0 spiro atoms. The van der Waals surface area contributed by atoms with E-state index in [0.29, 0.717) is 6.54 Å². The monoisotopic (exact) mass is 400 g/mol. The molecule has 2 aromatic rings. The van der Waals surface area contributed by atoms with Crippen molar-refractivity contribution in [3.63, 3.8) is 0 Å². The lowest BCUT2D eigenvalue weighted by atomic mass is 10.2. The number of benzene rings is 1. The van der Waals surface area contributed by atoms with Crippen molar-refractivity contribution in [1.82, 2.24) is 10.3 Å². The second kappa shape index (κ2) is 7.73. The lowest BCUT2D eigenvalue weighted by Crippen LogP contribution is -2.24. The number of carbonyl (C=O) groups is 1. The Balaban J connectivity index is 1.67. The fraction of sp³-hybridized carbons (Fsp3) is 0.333. The zero-order valence-electron chi connectivity index (χ0n) is 11.4. The van der Waals surface area contributed by atoms with Gasteiger partial charge < -0.3 is 5.32 Å². The van der Waals surface area contributed by atoms with Gasteiger partial charge in [0.15, 0.2) is 0 Å². The summed E-state index contributed by atoms with van der Waals surface area (Å²) < 4.78 is 1.08. The summed E-state index contributed by atoms with van der Waals surface area (Å²) in [5, 5.41) is 6.22. The standard InChI is InChI=1S/C15H17IN2OS/c1-11-10-20-14(18-11)7-2-3-8-17-15(19)12-5-4-6-13(16)9-12/h4-6,9-10H,2-3,7-8H2,1H3,(H,17,19). The number of hydrogen-bond acceptors (Lipinski definition) is 3. The molecule has 1 aromatic heterocycles. The van der Waals surface area contributed by atoms with E-state index in [0.717, 1.165) is 34.1 Å². The molecule has 1 heterocycles. The number of aryl methyl sites for hydroxylation is 2. The zero-order valence-corrected chi connectivity index (χ0v) is 14.3. The number of amides is 1. The molecule has 0 aliphatic carbocycles. The van der Waals surface area contributed by atoms with E-state index in [4.69, 9.17) is 0 Å². The Hall–Kier alpha value is -0.950. The summed E-state index contributed by atoms with van der Waals surface area (Å²) in [7, 11) is 0.